The number of aryl methyl sites for hydroxylation is 2. The van der Waals surface area contributed by atoms with Crippen molar-refractivity contribution < 1.29 is 57.7 Å². The van der Waals surface area contributed by atoms with Crippen LogP contribution in [0.3, 0.4) is 0 Å². The van der Waals surface area contributed by atoms with Gasteiger partial charge in [0.1, 0.15) is 12.6 Å². The molecule has 5 heterocycles. The van der Waals surface area contributed by atoms with Gasteiger partial charge in [-0.25, -0.2) is 9.78 Å². The summed E-state index contributed by atoms with van der Waals surface area (Å²) < 4.78 is 12.2. The summed E-state index contributed by atoms with van der Waals surface area (Å²) in [4.78, 5) is 132. The number of amides is 8. The molecule has 2 aromatic carbocycles. The number of imide groups is 1. The Morgan fingerprint density at radius 1 is 0.792 bits per heavy atom. The number of fused-ring (bicyclic) bond motifs is 5. The van der Waals surface area contributed by atoms with Crippen LogP contribution in [0.2, 0.25) is 0 Å². The van der Waals surface area contributed by atoms with Crippen LogP contribution >= 0.6 is 0 Å². The third-order valence-electron chi connectivity index (χ3n) is 13.0. The highest BCUT2D eigenvalue weighted by Gasteiger charge is 2.45. The summed E-state index contributed by atoms with van der Waals surface area (Å²) >= 11 is 0. The molecular weight excluding hydrogens is 935 g/mol. The van der Waals surface area contributed by atoms with Crippen molar-refractivity contribution in [2.45, 2.75) is 76.7 Å². The van der Waals surface area contributed by atoms with E-state index in [1.165, 1.54) is 0 Å². The number of hydrogen-bond acceptors (Lipinski definition) is 14. The fraction of sp³-hybridized carbons (Fsp3) is 0.380. The molecule has 0 fully saturated rings. The first-order chi connectivity index (χ1) is 34.6. The summed E-state index contributed by atoms with van der Waals surface area (Å²) in [7, 11) is 0. The van der Waals surface area contributed by atoms with Gasteiger partial charge in [-0.15, -0.1) is 0 Å². The van der Waals surface area contributed by atoms with E-state index in [4.69, 9.17) is 14.5 Å². The topological polar surface area (TPSA) is 303 Å². The molecule has 1 aliphatic carbocycles. The average Bonchev–Trinajstić information content (AvgIpc) is 3.92. The number of ether oxygens (including phenoxy) is 2. The summed E-state index contributed by atoms with van der Waals surface area (Å²) in [5.74, 6) is -5.18. The molecule has 376 valence electrons. The van der Waals surface area contributed by atoms with Crippen LogP contribution in [-0.2, 0) is 90.6 Å². The van der Waals surface area contributed by atoms with Gasteiger partial charge in [-0.3, -0.25) is 48.1 Å². The van der Waals surface area contributed by atoms with Gasteiger partial charge in [0.05, 0.1) is 61.9 Å². The number of carbonyl (C=O) groups excluding carboxylic acids is 9. The van der Waals surface area contributed by atoms with Crippen molar-refractivity contribution >= 4 is 69.8 Å². The van der Waals surface area contributed by atoms with Crippen molar-refractivity contribution in [3.63, 3.8) is 0 Å². The number of carbonyl (C=O) groups is 9. The monoisotopic (exact) mass is 987 g/mol. The van der Waals surface area contributed by atoms with Crippen molar-refractivity contribution in [1.29, 1.82) is 0 Å². The zero-order chi connectivity index (χ0) is 51.1. The fourth-order valence-electron chi connectivity index (χ4n) is 9.22. The quantitative estimate of drug-likeness (QED) is 0.0275. The van der Waals surface area contributed by atoms with Gasteiger partial charge < -0.3 is 51.0 Å². The molecule has 7 N–H and O–H groups in total. The lowest BCUT2D eigenvalue weighted by Gasteiger charge is -2.31. The van der Waals surface area contributed by atoms with Gasteiger partial charge in [-0.2, -0.15) is 0 Å². The molecule has 0 radical (unpaired) electrons. The van der Waals surface area contributed by atoms with Gasteiger partial charge in [0.15, 0.2) is 5.60 Å². The Hall–Kier alpha value is -8.11. The van der Waals surface area contributed by atoms with Crippen LogP contribution in [0, 0.1) is 0 Å². The van der Waals surface area contributed by atoms with Crippen LogP contribution in [-0.4, -0.2) is 125 Å². The number of aliphatic hydroxyl groups is 1. The maximum Gasteiger partial charge on any atom is 0.343 e. The van der Waals surface area contributed by atoms with Crippen molar-refractivity contribution in [1.82, 2.24) is 41.0 Å². The van der Waals surface area contributed by atoms with Crippen molar-refractivity contribution in [3.8, 4) is 11.4 Å². The van der Waals surface area contributed by atoms with E-state index in [9.17, 15) is 53.1 Å². The van der Waals surface area contributed by atoms with Gasteiger partial charge in [0, 0.05) is 66.7 Å². The van der Waals surface area contributed by atoms with Crippen LogP contribution in [0.25, 0.3) is 22.3 Å². The molecule has 22 nitrogen and oxygen atoms in total. The summed E-state index contributed by atoms with van der Waals surface area (Å²) in [6.07, 6.45) is 4.27. The van der Waals surface area contributed by atoms with E-state index in [0.717, 1.165) is 51.1 Å². The van der Waals surface area contributed by atoms with E-state index in [2.05, 4.69) is 31.9 Å². The Morgan fingerprint density at radius 2 is 1.50 bits per heavy atom. The van der Waals surface area contributed by atoms with E-state index < -0.39 is 78.6 Å². The highest BCUT2D eigenvalue weighted by Crippen LogP contribution is 2.43. The first-order valence-electron chi connectivity index (χ1n) is 23.6. The molecule has 0 saturated heterocycles. The van der Waals surface area contributed by atoms with Crippen LogP contribution < -0.4 is 37.5 Å². The summed E-state index contributed by atoms with van der Waals surface area (Å²) in [6.45, 7) is 0.423. The van der Waals surface area contributed by atoms with Gasteiger partial charge in [-0.1, -0.05) is 37.3 Å². The minimum absolute atomic E-state index is 0.00914. The Morgan fingerprint density at radius 3 is 2.26 bits per heavy atom. The summed E-state index contributed by atoms with van der Waals surface area (Å²) in [5.41, 5.74) is 3.86. The van der Waals surface area contributed by atoms with Crippen LogP contribution in [0.15, 0.2) is 65.5 Å². The predicted octanol–water partition coefficient (Wildman–Crippen LogP) is -0.579. The highest BCUT2D eigenvalue weighted by molar-refractivity contribution is 6.13. The first-order valence-corrected chi connectivity index (χ1v) is 23.6. The number of rotatable bonds is 21. The smallest absolute Gasteiger partial charge is 0.343 e. The number of aromatic nitrogens is 2. The van der Waals surface area contributed by atoms with Crippen molar-refractivity contribution in [3.05, 3.63) is 104 Å². The molecule has 0 saturated carbocycles. The van der Waals surface area contributed by atoms with Gasteiger partial charge in [0.25, 0.3) is 17.4 Å². The van der Waals surface area contributed by atoms with Gasteiger partial charge in [0.2, 0.25) is 35.4 Å². The number of nitrogens with one attached hydrogen (secondary N) is 6. The molecule has 4 aromatic rings. The second-order valence-electron chi connectivity index (χ2n) is 17.6. The molecule has 8 rings (SSSR count). The first kappa shape index (κ1) is 50.3. The molecule has 3 aliphatic heterocycles. The third-order valence-corrected chi connectivity index (χ3v) is 13.0. The number of pyridine rings is 2. The maximum atomic E-state index is 13.8. The number of benzene rings is 2. The highest BCUT2D eigenvalue weighted by atomic mass is 16.6. The minimum atomic E-state index is -1.95. The Balaban J connectivity index is 0.806. The molecule has 0 spiro atoms. The number of hydrogen-bond donors (Lipinski definition) is 7. The SMILES string of the molecule is CC[C@@]1(O)C(=O)OCc2c1cc1n(c2=O)Cc2c-1nc1ccc(NC(=O)CNC(=O)[C@H](Cc3ccccc3)NC(=O)CNC(=O)CNC(=O)CCOCCNC(=O)CCN3C(=O)C=CC3=O)c3c1c2CCC3. The predicted molar refractivity (Wildman–Crippen MR) is 255 cm³/mol. The van der Waals surface area contributed by atoms with Crippen LogP contribution in [0.1, 0.15) is 66.0 Å². The molecule has 8 amide bonds. The minimum Gasteiger partial charge on any atom is -0.458 e. The third kappa shape index (κ3) is 10.9. The zero-order valence-electron chi connectivity index (χ0n) is 39.4. The summed E-state index contributed by atoms with van der Waals surface area (Å²) in [5, 5.41) is 27.7. The van der Waals surface area contributed by atoms with E-state index in [-0.39, 0.29) is 87.7 Å². The van der Waals surface area contributed by atoms with Crippen LogP contribution in [0.5, 0.6) is 0 Å². The van der Waals surface area contributed by atoms with E-state index in [1.54, 1.807) is 60.0 Å². The fourth-order valence-corrected chi connectivity index (χ4v) is 9.22. The largest absolute Gasteiger partial charge is 0.458 e. The molecule has 22 heteroatoms. The molecule has 2 aromatic heterocycles. The lowest BCUT2D eigenvalue weighted by atomic mass is 9.85. The molecule has 4 aliphatic rings. The molecule has 0 bridgehead atoms. The number of esters is 1. The van der Waals surface area contributed by atoms with Crippen molar-refractivity contribution in [2.24, 2.45) is 0 Å². The summed E-state index contributed by atoms with van der Waals surface area (Å²) in [6, 6.07) is 12.9. The molecule has 2 atom stereocenters. The zero-order valence-corrected chi connectivity index (χ0v) is 39.4. The lowest BCUT2D eigenvalue weighted by Crippen LogP contribution is -2.52. The van der Waals surface area contributed by atoms with E-state index in [1.807, 2.05) is 0 Å². The lowest BCUT2D eigenvalue weighted by molar-refractivity contribution is -0.172. The second kappa shape index (κ2) is 21.9. The van der Waals surface area contributed by atoms with Crippen molar-refractivity contribution in [2.75, 3.05) is 51.3 Å². The number of cyclic esters (lactones) is 1. The van der Waals surface area contributed by atoms with Gasteiger partial charge >= 0.3 is 5.97 Å². The Bertz CT molecular complexity index is 2970. The van der Waals surface area contributed by atoms with Crippen LogP contribution in [0.4, 0.5) is 5.69 Å². The van der Waals surface area contributed by atoms with Gasteiger partial charge in [-0.05, 0) is 60.6 Å². The van der Waals surface area contributed by atoms with E-state index >= 15 is 0 Å². The standard InChI is InChI=1S/C50H53N9O13/c1-2-50(70)33-22-37-46-31(26-59(37)48(68)32(33)27-72-49(50)69)29-9-6-10-30-34(11-12-35(57-46)45(29)30)55-42(64)25-54-47(67)36(21-28-7-4-3-5-8-28)56-41(63)24-53-40(62)23-52-39(61)16-19-71-20-17-51-38(60)15-18-58-43(65)13-14-44(58)66/h3-5,7-8,11-14,22,36,70H,2,6,9-10,15-21,23-27H2,1H3,(H,51,60)(H,52,61)(H,53,62)(H,54,67)(H,55,64)(H,56,63)/t36-,50-/m0/s1. The molecule has 72 heavy (non-hydrogen) atoms. The Kier molecular flexibility index (Phi) is 15.3. The van der Waals surface area contributed by atoms with E-state index in [0.29, 0.717) is 35.4 Å². The Labute approximate surface area is 411 Å². The number of anilines is 1. The number of nitrogens with zero attached hydrogens (tertiary/aromatic N) is 3. The normalized spacial score (nSPS) is 16.5. The molecular formula is C50H53N9O13. The average molecular weight is 988 g/mol. The molecule has 0 unspecified atom stereocenters. The second-order valence-corrected chi connectivity index (χ2v) is 17.6. The maximum absolute atomic E-state index is 13.8.